The van der Waals surface area contributed by atoms with Crippen molar-refractivity contribution in [3.8, 4) is 0 Å². The van der Waals surface area contributed by atoms with Crippen molar-refractivity contribution < 1.29 is 19.4 Å². The van der Waals surface area contributed by atoms with E-state index in [1.165, 1.54) is 0 Å². The zero-order valence-corrected chi connectivity index (χ0v) is 12.2. The molecular formula is C13H26N2O4. The Balaban J connectivity index is 4.19. The molecule has 1 amide bonds. The third kappa shape index (κ3) is 9.44. The summed E-state index contributed by atoms with van der Waals surface area (Å²) in [5.74, 6) is -0.829. The number of hydrogen-bond donors (Lipinski definition) is 1. The molecule has 0 aliphatic rings. The van der Waals surface area contributed by atoms with Gasteiger partial charge in [-0.1, -0.05) is 13.3 Å². The molecule has 6 heteroatoms. The van der Waals surface area contributed by atoms with Crippen LogP contribution in [-0.2, 0) is 14.3 Å². The minimum absolute atomic E-state index is 0.0231. The van der Waals surface area contributed by atoms with Crippen LogP contribution >= 0.6 is 0 Å². The Labute approximate surface area is 115 Å². The van der Waals surface area contributed by atoms with Gasteiger partial charge in [0.25, 0.3) is 0 Å². The predicted molar refractivity (Wildman–Crippen MR) is 73.1 cm³/mol. The number of ether oxygens (including phenoxy) is 1. The van der Waals surface area contributed by atoms with Gasteiger partial charge >= 0.3 is 5.97 Å². The zero-order valence-electron chi connectivity index (χ0n) is 12.2. The lowest BCUT2D eigenvalue weighted by Gasteiger charge is -2.24. The number of unbranched alkanes of at least 4 members (excludes halogenated alkanes) is 1. The molecule has 0 aromatic rings. The van der Waals surface area contributed by atoms with Crippen LogP contribution in [0.1, 0.15) is 26.2 Å². The first-order chi connectivity index (χ1) is 9.01. The van der Waals surface area contributed by atoms with E-state index in [9.17, 15) is 9.59 Å². The van der Waals surface area contributed by atoms with E-state index in [0.717, 1.165) is 19.4 Å². The molecule has 6 nitrogen and oxygen atoms in total. The molecule has 0 aromatic heterocycles. The Morgan fingerprint density at radius 3 is 2.42 bits per heavy atom. The number of nitrogens with zero attached hydrogens (tertiary/aromatic N) is 2. The summed E-state index contributed by atoms with van der Waals surface area (Å²) in [5.41, 5.74) is 0. The van der Waals surface area contributed by atoms with Gasteiger partial charge in [-0.3, -0.25) is 14.5 Å². The Kier molecular flexibility index (Phi) is 10.1. The highest BCUT2D eigenvalue weighted by Crippen LogP contribution is 1.98. The van der Waals surface area contributed by atoms with Gasteiger partial charge in [0.2, 0.25) is 5.91 Å². The molecular weight excluding hydrogens is 248 g/mol. The smallest absolute Gasteiger partial charge is 0.304 e. The summed E-state index contributed by atoms with van der Waals surface area (Å²) < 4.78 is 4.97. The van der Waals surface area contributed by atoms with Crippen molar-refractivity contribution in [2.45, 2.75) is 26.2 Å². The lowest BCUT2D eigenvalue weighted by molar-refractivity contribution is -0.138. The molecule has 0 rings (SSSR count). The van der Waals surface area contributed by atoms with Crippen molar-refractivity contribution in [2.75, 3.05) is 46.9 Å². The van der Waals surface area contributed by atoms with E-state index in [4.69, 9.17) is 9.84 Å². The van der Waals surface area contributed by atoms with E-state index in [2.05, 4.69) is 6.92 Å². The first-order valence-corrected chi connectivity index (χ1v) is 6.68. The molecule has 0 saturated carbocycles. The standard InChI is InChI=1S/C13H26N2O4/c1-4-5-7-14(2)12(16)11-15(9-10-19-3)8-6-13(17)18/h4-11H2,1-3H3,(H,17,18). The van der Waals surface area contributed by atoms with Crippen molar-refractivity contribution in [1.82, 2.24) is 9.80 Å². The van der Waals surface area contributed by atoms with Crippen LogP contribution in [0.15, 0.2) is 0 Å². The highest BCUT2D eigenvalue weighted by atomic mass is 16.5. The fraction of sp³-hybridized carbons (Fsp3) is 0.846. The van der Waals surface area contributed by atoms with Crippen LogP contribution in [0.5, 0.6) is 0 Å². The maximum absolute atomic E-state index is 12.0. The number of hydrogen-bond acceptors (Lipinski definition) is 4. The monoisotopic (exact) mass is 274 g/mol. The SMILES string of the molecule is CCCCN(C)C(=O)CN(CCOC)CCC(=O)O. The number of methoxy groups -OCH3 is 1. The van der Waals surface area contributed by atoms with Crippen LogP contribution in [0.2, 0.25) is 0 Å². The second-order valence-electron chi connectivity index (χ2n) is 4.58. The molecule has 0 radical (unpaired) electrons. The van der Waals surface area contributed by atoms with Gasteiger partial charge in [0.05, 0.1) is 19.6 Å². The summed E-state index contributed by atoms with van der Waals surface area (Å²) in [7, 11) is 3.37. The van der Waals surface area contributed by atoms with Gasteiger partial charge in [-0.2, -0.15) is 0 Å². The van der Waals surface area contributed by atoms with Gasteiger partial charge in [0.1, 0.15) is 0 Å². The van der Waals surface area contributed by atoms with Gasteiger partial charge in [-0.15, -0.1) is 0 Å². The second-order valence-corrected chi connectivity index (χ2v) is 4.58. The maximum atomic E-state index is 12.0. The molecule has 0 aliphatic heterocycles. The number of aliphatic carboxylic acids is 1. The van der Waals surface area contributed by atoms with Gasteiger partial charge in [0, 0.05) is 33.8 Å². The third-order valence-electron chi connectivity index (χ3n) is 2.89. The van der Waals surface area contributed by atoms with E-state index in [1.807, 2.05) is 4.90 Å². The van der Waals surface area contributed by atoms with E-state index in [-0.39, 0.29) is 18.9 Å². The lowest BCUT2D eigenvalue weighted by Crippen LogP contribution is -2.41. The van der Waals surface area contributed by atoms with Crippen molar-refractivity contribution in [1.29, 1.82) is 0 Å². The van der Waals surface area contributed by atoms with E-state index >= 15 is 0 Å². The predicted octanol–water partition coefficient (Wildman–Crippen LogP) is 0.668. The Morgan fingerprint density at radius 2 is 1.89 bits per heavy atom. The fourth-order valence-corrected chi connectivity index (χ4v) is 1.58. The number of carboxylic acid groups (broad SMARTS) is 1. The van der Waals surface area contributed by atoms with Crippen molar-refractivity contribution in [3.05, 3.63) is 0 Å². The maximum Gasteiger partial charge on any atom is 0.304 e. The largest absolute Gasteiger partial charge is 0.481 e. The quantitative estimate of drug-likeness (QED) is 0.599. The van der Waals surface area contributed by atoms with E-state index < -0.39 is 5.97 Å². The van der Waals surface area contributed by atoms with E-state index in [0.29, 0.717) is 19.7 Å². The normalized spacial score (nSPS) is 10.7. The highest BCUT2D eigenvalue weighted by Gasteiger charge is 2.15. The van der Waals surface area contributed by atoms with Crippen LogP contribution in [0.25, 0.3) is 0 Å². The second kappa shape index (κ2) is 10.8. The number of rotatable bonds is 11. The highest BCUT2D eigenvalue weighted by molar-refractivity contribution is 5.78. The number of carboxylic acids is 1. The Morgan fingerprint density at radius 1 is 1.21 bits per heavy atom. The lowest BCUT2D eigenvalue weighted by atomic mass is 10.3. The average Bonchev–Trinajstić information content (AvgIpc) is 2.38. The minimum Gasteiger partial charge on any atom is -0.481 e. The molecule has 0 unspecified atom stereocenters. The zero-order chi connectivity index (χ0) is 14.7. The van der Waals surface area contributed by atoms with Crippen LogP contribution in [0.4, 0.5) is 0 Å². The first kappa shape index (κ1) is 17.9. The number of amides is 1. The number of likely N-dealkylation sites (N-methyl/N-ethyl adjacent to an activating group) is 1. The number of carbonyl (C=O) groups is 2. The van der Waals surface area contributed by atoms with Gasteiger partial charge < -0.3 is 14.7 Å². The van der Waals surface area contributed by atoms with Crippen LogP contribution in [0.3, 0.4) is 0 Å². The summed E-state index contributed by atoms with van der Waals surface area (Å²) in [6.45, 7) is 4.49. The molecule has 1 N–H and O–H groups in total. The minimum atomic E-state index is -0.853. The molecule has 0 bridgehead atoms. The first-order valence-electron chi connectivity index (χ1n) is 6.68. The van der Waals surface area contributed by atoms with Crippen LogP contribution in [0, 0.1) is 0 Å². The summed E-state index contributed by atoms with van der Waals surface area (Å²) in [6.07, 6.45) is 2.06. The Bertz CT molecular complexity index is 271. The summed E-state index contributed by atoms with van der Waals surface area (Å²) >= 11 is 0. The molecule has 0 saturated heterocycles. The molecule has 0 heterocycles. The van der Waals surface area contributed by atoms with Crippen molar-refractivity contribution in [2.24, 2.45) is 0 Å². The van der Waals surface area contributed by atoms with Crippen LogP contribution < -0.4 is 0 Å². The summed E-state index contributed by atoms with van der Waals surface area (Å²) in [4.78, 5) is 26.1. The fourth-order valence-electron chi connectivity index (χ4n) is 1.58. The Hall–Kier alpha value is -1.14. The molecule has 0 spiro atoms. The van der Waals surface area contributed by atoms with Gasteiger partial charge in [-0.05, 0) is 6.42 Å². The summed E-state index contributed by atoms with van der Waals surface area (Å²) in [6, 6.07) is 0. The van der Waals surface area contributed by atoms with Crippen LogP contribution in [-0.4, -0.2) is 73.7 Å². The molecule has 0 atom stereocenters. The van der Waals surface area contributed by atoms with Crippen molar-refractivity contribution in [3.63, 3.8) is 0 Å². The third-order valence-corrected chi connectivity index (χ3v) is 2.89. The number of carbonyl (C=O) groups excluding carboxylic acids is 1. The topological polar surface area (TPSA) is 70.1 Å². The van der Waals surface area contributed by atoms with E-state index in [1.54, 1.807) is 19.1 Å². The molecule has 0 fully saturated rings. The molecule has 0 aliphatic carbocycles. The van der Waals surface area contributed by atoms with Crippen molar-refractivity contribution >= 4 is 11.9 Å². The van der Waals surface area contributed by atoms with Gasteiger partial charge in [0.15, 0.2) is 0 Å². The molecule has 19 heavy (non-hydrogen) atoms. The summed E-state index contributed by atoms with van der Waals surface area (Å²) in [5, 5.41) is 8.69. The molecule has 0 aromatic carbocycles. The van der Waals surface area contributed by atoms with Gasteiger partial charge in [-0.25, -0.2) is 0 Å². The average molecular weight is 274 g/mol. The molecule has 112 valence electrons.